The summed E-state index contributed by atoms with van der Waals surface area (Å²) < 4.78 is 11.6. The molecule has 0 aliphatic carbocycles. The molecule has 0 radical (unpaired) electrons. The fourth-order valence-electron chi connectivity index (χ4n) is 3.16. The molecule has 0 aromatic carbocycles. The molecular formula is C18H25NO4S. The van der Waals surface area contributed by atoms with Crippen LogP contribution in [-0.4, -0.2) is 48.5 Å². The normalized spacial score (nSPS) is 24.4. The van der Waals surface area contributed by atoms with Crippen molar-refractivity contribution < 1.29 is 19.4 Å². The van der Waals surface area contributed by atoms with E-state index >= 15 is 0 Å². The number of rotatable bonds is 6. The van der Waals surface area contributed by atoms with Crippen molar-refractivity contribution in [3.8, 4) is 0 Å². The number of aliphatic hydroxyl groups excluding tert-OH is 1. The summed E-state index contributed by atoms with van der Waals surface area (Å²) in [4.78, 5) is 14.7. The van der Waals surface area contributed by atoms with Gasteiger partial charge in [-0.1, -0.05) is 0 Å². The second-order valence-corrected chi connectivity index (χ2v) is 7.06. The maximum absolute atomic E-state index is 12.8. The van der Waals surface area contributed by atoms with Gasteiger partial charge in [-0.3, -0.25) is 4.79 Å². The molecule has 2 aliphatic heterocycles. The summed E-state index contributed by atoms with van der Waals surface area (Å²) in [5.41, 5.74) is 1.20. The van der Waals surface area contributed by atoms with E-state index in [1.165, 1.54) is 12.0 Å². The predicted molar refractivity (Wildman–Crippen MR) is 92.7 cm³/mol. The van der Waals surface area contributed by atoms with Gasteiger partial charge in [0.05, 0.1) is 6.61 Å². The number of piperidine rings is 1. The van der Waals surface area contributed by atoms with Gasteiger partial charge in [0.2, 0.25) is 6.29 Å². The molecule has 2 aliphatic rings. The van der Waals surface area contributed by atoms with Crippen molar-refractivity contribution in [3.63, 3.8) is 0 Å². The molecule has 1 aromatic heterocycles. The molecule has 24 heavy (non-hydrogen) atoms. The van der Waals surface area contributed by atoms with Crippen LogP contribution in [0.3, 0.4) is 0 Å². The first-order chi connectivity index (χ1) is 11.8. The molecule has 0 spiro atoms. The minimum atomic E-state index is -0.435. The number of hydrogen-bond donors (Lipinski definition) is 1. The Morgan fingerprint density at radius 1 is 1.38 bits per heavy atom. The first-order valence-electron chi connectivity index (χ1n) is 8.70. The van der Waals surface area contributed by atoms with Crippen molar-refractivity contribution in [3.05, 3.63) is 34.2 Å². The number of amides is 1. The van der Waals surface area contributed by atoms with Crippen LogP contribution in [0.25, 0.3) is 0 Å². The Bertz CT molecular complexity index is 551. The lowest BCUT2D eigenvalue weighted by atomic mass is 9.95. The van der Waals surface area contributed by atoms with E-state index in [1.807, 2.05) is 16.4 Å². The van der Waals surface area contributed by atoms with Crippen LogP contribution in [-0.2, 0) is 14.3 Å². The molecule has 132 valence electrons. The van der Waals surface area contributed by atoms with Gasteiger partial charge in [0.25, 0.3) is 5.91 Å². The molecular weight excluding hydrogens is 326 g/mol. The second kappa shape index (κ2) is 8.65. The molecule has 0 bridgehead atoms. The monoisotopic (exact) mass is 351 g/mol. The summed E-state index contributed by atoms with van der Waals surface area (Å²) >= 11 is 1.65. The number of carbonyl (C=O) groups excluding carboxylic acids is 1. The highest BCUT2D eigenvalue weighted by Crippen LogP contribution is 2.33. The van der Waals surface area contributed by atoms with Gasteiger partial charge in [-0.05, 0) is 54.1 Å². The number of carbonyl (C=O) groups is 1. The standard InChI is InChI=1S/C18H25NO4S/c20-8-4-9-22-17-12-15(14-5-10-24-13-14)11-16(23-17)18(21)19-6-2-1-3-7-19/h5,10-11,13,15,17,20H,1-4,6-9,12H2/t15-,17+/m1/s1. The first-order valence-corrected chi connectivity index (χ1v) is 9.64. The second-order valence-electron chi connectivity index (χ2n) is 6.28. The van der Waals surface area contributed by atoms with E-state index in [2.05, 4.69) is 11.4 Å². The number of ether oxygens (including phenoxy) is 2. The number of nitrogens with zero attached hydrogens (tertiary/aromatic N) is 1. The van der Waals surface area contributed by atoms with E-state index in [0.29, 0.717) is 25.2 Å². The van der Waals surface area contributed by atoms with Crippen LogP contribution in [0.1, 0.15) is 43.6 Å². The number of likely N-dealkylation sites (tertiary alicyclic amines) is 1. The van der Waals surface area contributed by atoms with Crippen molar-refractivity contribution >= 4 is 17.2 Å². The van der Waals surface area contributed by atoms with Crippen molar-refractivity contribution in [1.29, 1.82) is 0 Å². The lowest BCUT2D eigenvalue weighted by Crippen LogP contribution is -2.39. The van der Waals surface area contributed by atoms with E-state index in [-0.39, 0.29) is 18.4 Å². The predicted octanol–water partition coefficient (Wildman–Crippen LogP) is 2.87. The minimum Gasteiger partial charge on any atom is -0.459 e. The Hall–Kier alpha value is -1.37. The summed E-state index contributed by atoms with van der Waals surface area (Å²) in [6.07, 6.45) is 6.09. The van der Waals surface area contributed by atoms with Crippen LogP contribution in [0, 0.1) is 0 Å². The third-order valence-corrected chi connectivity index (χ3v) is 5.19. The number of thiophene rings is 1. The molecule has 0 saturated carbocycles. The molecule has 3 rings (SSSR count). The van der Waals surface area contributed by atoms with Crippen molar-refractivity contribution in [2.24, 2.45) is 0 Å². The summed E-state index contributed by atoms with van der Waals surface area (Å²) in [7, 11) is 0. The molecule has 6 heteroatoms. The number of aliphatic hydroxyl groups is 1. The Labute approximate surface area is 146 Å². The summed E-state index contributed by atoms with van der Waals surface area (Å²) in [5, 5.41) is 13.1. The SMILES string of the molecule is O=C(C1=C[C@@H](c2ccsc2)C[C@@H](OCCCO)O1)N1CCCCC1. The van der Waals surface area contributed by atoms with E-state index < -0.39 is 6.29 Å². The Morgan fingerprint density at radius 2 is 2.21 bits per heavy atom. The third-order valence-electron chi connectivity index (χ3n) is 4.49. The van der Waals surface area contributed by atoms with E-state index in [0.717, 1.165) is 25.9 Å². The average Bonchev–Trinajstić information content (AvgIpc) is 3.16. The summed E-state index contributed by atoms with van der Waals surface area (Å²) in [5.74, 6) is 0.520. The Morgan fingerprint density at radius 3 is 2.92 bits per heavy atom. The van der Waals surface area contributed by atoms with Gasteiger partial charge in [0.1, 0.15) is 0 Å². The zero-order chi connectivity index (χ0) is 16.8. The lowest BCUT2D eigenvalue weighted by Gasteiger charge is -2.32. The lowest BCUT2D eigenvalue weighted by molar-refractivity contribution is -0.153. The van der Waals surface area contributed by atoms with Crippen LogP contribution >= 0.6 is 11.3 Å². The molecule has 1 amide bonds. The van der Waals surface area contributed by atoms with Crippen molar-refractivity contribution in [2.75, 3.05) is 26.3 Å². The molecule has 2 atom stereocenters. The minimum absolute atomic E-state index is 0.0228. The fourth-order valence-corrected chi connectivity index (χ4v) is 3.89. The van der Waals surface area contributed by atoms with Crippen molar-refractivity contribution in [1.82, 2.24) is 4.90 Å². The van der Waals surface area contributed by atoms with Crippen LogP contribution in [0.15, 0.2) is 28.7 Å². The summed E-state index contributed by atoms with van der Waals surface area (Å²) in [6, 6.07) is 2.09. The smallest absolute Gasteiger partial charge is 0.288 e. The van der Waals surface area contributed by atoms with E-state index in [9.17, 15) is 4.79 Å². The van der Waals surface area contributed by atoms with Crippen LogP contribution in [0.4, 0.5) is 0 Å². The van der Waals surface area contributed by atoms with E-state index in [4.69, 9.17) is 14.6 Å². The quantitative estimate of drug-likeness (QED) is 0.801. The van der Waals surface area contributed by atoms with Gasteiger partial charge in [-0.15, -0.1) is 0 Å². The molecule has 3 heterocycles. The Kier molecular flexibility index (Phi) is 6.29. The van der Waals surface area contributed by atoms with Gasteiger partial charge in [0, 0.05) is 32.0 Å². The van der Waals surface area contributed by atoms with E-state index in [1.54, 1.807) is 11.3 Å². The van der Waals surface area contributed by atoms with Gasteiger partial charge in [-0.25, -0.2) is 0 Å². The topological polar surface area (TPSA) is 59.0 Å². The fraction of sp³-hybridized carbons (Fsp3) is 0.611. The van der Waals surface area contributed by atoms with Gasteiger partial charge >= 0.3 is 0 Å². The van der Waals surface area contributed by atoms with Gasteiger partial charge in [-0.2, -0.15) is 11.3 Å². The highest BCUT2D eigenvalue weighted by molar-refractivity contribution is 7.08. The van der Waals surface area contributed by atoms with Crippen LogP contribution in [0.2, 0.25) is 0 Å². The highest BCUT2D eigenvalue weighted by atomic mass is 32.1. The highest BCUT2D eigenvalue weighted by Gasteiger charge is 2.31. The molecule has 1 aromatic rings. The van der Waals surface area contributed by atoms with Gasteiger partial charge in [0.15, 0.2) is 5.76 Å². The van der Waals surface area contributed by atoms with Crippen LogP contribution in [0.5, 0.6) is 0 Å². The number of allylic oxidation sites excluding steroid dienone is 1. The largest absolute Gasteiger partial charge is 0.459 e. The average molecular weight is 351 g/mol. The zero-order valence-corrected chi connectivity index (χ0v) is 14.7. The van der Waals surface area contributed by atoms with Crippen LogP contribution < -0.4 is 0 Å². The molecule has 0 unspecified atom stereocenters. The molecule has 5 nitrogen and oxygen atoms in total. The first kappa shape index (κ1) is 17.5. The zero-order valence-electron chi connectivity index (χ0n) is 13.9. The molecule has 1 fully saturated rings. The third kappa shape index (κ3) is 4.37. The summed E-state index contributed by atoms with van der Waals surface area (Å²) in [6.45, 7) is 2.14. The molecule has 1 saturated heterocycles. The maximum atomic E-state index is 12.8. The Balaban J connectivity index is 1.72. The van der Waals surface area contributed by atoms with Gasteiger partial charge < -0.3 is 19.5 Å². The molecule has 1 N–H and O–H groups in total. The maximum Gasteiger partial charge on any atom is 0.288 e. The van der Waals surface area contributed by atoms with Crippen molar-refractivity contribution in [2.45, 2.75) is 44.3 Å². The number of hydrogen-bond acceptors (Lipinski definition) is 5.